The van der Waals surface area contributed by atoms with Gasteiger partial charge >= 0.3 is 0 Å². The van der Waals surface area contributed by atoms with Crippen molar-refractivity contribution in [2.24, 2.45) is 0 Å². The second kappa shape index (κ2) is 8.84. The number of nitrogens with one attached hydrogen (secondary N) is 1. The zero-order chi connectivity index (χ0) is 22.1. The molecule has 2 aliphatic rings. The zero-order valence-corrected chi connectivity index (χ0v) is 18.8. The second-order valence-electron chi connectivity index (χ2n) is 8.06. The third-order valence-corrected chi connectivity index (χ3v) is 7.12. The highest BCUT2D eigenvalue weighted by atomic mass is 32.1. The lowest BCUT2D eigenvalue weighted by atomic mass is 9.95. The Morgan fingerprint density at radius 1 is 1.28 bits per heavy atom. The Hall–Kier alpha value is -3.04. The number of hydrogen-bond acceptors (Lipinski definition) is 7. The Balaban J connectivity index is 1.43. The van der Waals surface area contributed by atoms with Crippen molar-refractivity contribution in [3.63, 3.8) is 0 Å². The van der Waals surface area contributed by atoms with E-state index in [1.807, 2.05) is 24.5 Å². The third-order valence-electron chi connectivity index (χ3n) is 6.06. The number of hydrogen-bond donors (Lipinski definition) is 2. The molecular weight excluding hydrogens is 424 g/mol. The molecule has 9 heteroatoms. The molecule has 0 aromatic carbocycles. The molecule has 1 amide bonds. The summed E-state index contributed by atoms with van der Waals surface area (Å²) in [4.78, 5) is 27.4. The van der Waals surface area contributed by atoms with E-state index >= 15 is 0 Å². The van der Waals surface area contributed by atoms with Gasteiger partial charge in [-0.3, -0.25) is 14.5 Å². The van der Waals surface area contributed by atoms with Gasteiger partial charge in [-0.05, 0) is 37.7 Å². The maximum Gasteiger partial charge on any atom is 0.253 e. The fraction of sp³-hybridized carbons (Fsp3) is 0.391. The molecule has 5 rings (SSSR count). The molecule has 32 heavy (non-hydrogen) atoms. The number of thiazole rings is 1. The summed E-state index contributed by atoms with van der Waals surface area (Å²) in [6.45, 7) is 3.57. The Morgan fingerprint density at radius 3 is 2.84 bits per heavy atom. The van der Waals surface area contributed by atoms with Crippen molar-refractivity contribution >= 4 is 39.3 Å². The van der Waals surface area contributed by atoms with Gasteiger partial charge in [-0.25, -0.2) is 15.0 Å². The number of amides is 1. The maximum atomic E-state index is 12.7. The van der Waals surface area contributed by atoms with Crippen LogP contribution < -0.4 is 11.1 Å². The fourth-order valence-corrected chi connectivity index (χ4v) is 5.03. The highest BCUT2D eigenvalue weighted by Crippen LogP contribution is 2.35. The Labute approximate surface area is 190 Å². The summed E-state index contributed by atoms with van der Waals surface area (Å²) >= 11 is 1.51. The number of carbonyl (C=O) groups is 1. The maximum absolute atomic E-state index is 12.7. The molecule has 4 heterocycles. The number of nitrogen functional groups attached to an aromatic ring is 1. The number of fused-ring (bicyclic) bond motifs is 1. The van der Waals surface area contributed by atoms with Crippen LogP contribution in [0.3, 0.4) is 0 Å². The molecule has 3 N–H and O–H groups in total. The van der Waals surface area contributed by atoms with Crippen LogP contribution in [0.1, 0.15) is 54.9 Å². The zero-order valence-electron chi connectivity index (χ0n) is 18.0. The number of nitrogens with two attached hydrogens (primary N) is 1. The van der Waals surface area contributed by atoms with Crippen LogP contribution in [0, 0.1) is 0 Å². The van der Waals surface area contributed by atoms with E-state index in [1.165, 1.54) is 11.3 Å². The molecule has 1 aliphatic carbocycles. The molecular formula is C23H26N6O2S. The number of allylic oxidation sites excluding steroid dienone is 3. The number of carbonyl (C=O) groups excluding carboxylic acids is 1. The number of anilines is 2. The molecule has 8 nitrogen and oxygen atoms in total. The van der Waals surface area contributed by atoms with Gasteiger partial charge in [0.15, 0.2) is 5.13 Å². The minimum absolute atomic E-state index is 0.101. The van der Waals surface area contributed by atoms with Crippen LogP contribution in [-0.4, -0.2) is 38.5 Å². The summed E-state index contributed by atoms with van der Waals surface area (Å²) in [6.07, 6.45) is 13.5. The summed E-state index contributed by atoms with van der Waals surface area (Å²) in [7, 11) is 0. The van der Waals surface area contributed by atoms with Crippen LogP contribution in [0.15, 0.2) is 36.3 Å². The number of ether oxygens (including phenoxy) is 1. The molecule has 1 fully saturated rings. The Bertz CT molecular complexity index is 1220. The minimum Gasteiger partial charge on any atom is -0.382 e. The summed E-state index contributed by atoms with van der Waals surface area (Å²) < 4.78 is 7.61. The smallest absolute Gasteiger partial charge is 0.253 e. The molecule has 1 aliphatic heterocycles. The van der Waals surface area contributed by atoms with E-state index in [0.29, 0.717) is 29.7 Å². The van der Waals surface area contributed by atoms with Gasteiger partial charge < -0.3 is 10.5 Å². The number of aromatic nitrogens is 4. The normalized spacial score (nSPS) is 17.3. The number of imidazole rings is 1. The average Bonchev–Trinajstić information content (AvgIpc) is 3.45. The topological polar surface area (TPSA) is 107 Å². The van der Waals surface area contributed by atoms with Gasteiger partial charge in [0, 0.05) is 48.2 Å². The van der Waals surface area contributed by atoms with Crippen molar-refractivity contribution in [1.82, 2.24) is 19.4 Å². The predicted molar refractivity (Wildman–Crippen MR) is 126 cm³/mol. The van der Waals surface area contributed by atoms with E-state index in [2.05, 4.69) is 26.6 Å². The quantitative estimate of drug-likeness (QED) is 0.609. The summed E-state index contributed by atoms with van der Waals surface area (Å²) in [5, 5.41) is 3.56. The first-order valence-corrected chi connectivity index (χ1v) is 11.8. The SMILES string of the molecule is CCc1cnc(NC(=O)C2=CC=C(c3nc(C4CCOCC4)n4ccnc(N)c34)CC2)s1. The first kappa shape index (κ1) is 20.8. The van der Waals surface area contributed by atoms with Crippen molar-refractivity contribution in [2.75, 3.05) is 24.3 Å². The Morgan fingerprint density at radius 2 is 2.12 bits per heavy atom. The van der Waals surface area contributed by atoms with Crippen molar-refractivity contribution in [3.05, 3.63) is 52.7 Å². The van der Waals surface area contributed by atoms with Gasteiger partial charge in [0.2, 0.25) is 0 Å². The van der Waals surface area contributed by atoms with E-state index < -0.39 is 0 Å². The van der Waals surface area contributed by atoms with Gasteiger partial charge in [-0.15, -0.1) is 11.3 Å². The lowest BCUT2D eigenvalue weighted by Gasteiger charge is -2.20. The molecule has 166 valence electrons. The summed E-state index contributed by atoms with van der Waals surface area (Å²) in [5.74, 6) is 1.71. The third kappa shape index (κ3) is 3.93. The fourth-order valence-electron chi connectivity index (χ4n) is 4.28. The van der Waals surface area contributed by atoms with Gasteiger partial charge in [-0.2, -0.15) is 0 Å². The Kier molecular flexibility index (Phi) is 5.75. The summed E-state index contributed by atoms with van der Waals surface area (Å²) in [6, 6.07) is 0. The van der Waals surface area contributed by atoms with Crippen LogP contribution in [0.25, 0.3) is 11.1 Å². The molecule has 0 bridgehead atoms. The van der Waals surface area contributed by atoms with Gasteiger partial charge in [-0.1, -0.05) is 19.1 Å². The molecule has 3 aromatic rings. The van der Waals surface area contributed by atoms with Gasteiger partial charge in [0.1, 0.15) is 17.2 Å². The van der Waals surface area contributed by atoms with Crippen molar-refractivity contribution in [1.29, 1.82) is 0 Å². The van der Waals surface area contributed by atoms with Crippen LogP contribution >= 0.6 is 11.3 Å². The first-order valence-electron chi connectivity index (χ1n) is 11.0. The number of aryl methyl sites for hydroxylation is 1. The van der Waals surface area contributed by atoms with E-state index in [0.717, 1.165) is 65.5 Å². The van der Waals surface area contributed by atoms with Crippen LogP contribution in [0.2, 0.25) is 0 Å². The minimum atomic E-state index is -0.101. The molecule has 0 atom stereocenters. The predicted octanol–water partition coefficient (Wildman–Crippen LogP) is 3.97. The van der Waals surface area contributed by atoms with E-state index in [9.17, 15) is 4.79 Å². The molecule has 3 aromatic heterocycles. The molecule has 0 spiro atoms. The van der Waals surface area contributed by atoms with Crippen molar-refractivity contribution < 1.29 is 9.53 Å². The lowest BCUT2D eigenvalue weighted by Crippen LogP contribution is -2.16. The van der Waals surface area contributed by atoms with Gasteiger partial charge in [0.25, 0.3) is 5.91 Å². The van der Waals surface area contributed by atoms with Crippen molar-refractivity contribution in [2.45, 2.75) is 44.9 Å². The molecule has 1 saturated heterocycles. The second-order valence-corrected chi connectivity index (χ2v) is 9.17. The summed E-state index contributed by atoms with van der Waals surface area (Å²) in [5.41, 5.74) is 9.78. The molecule has 0 radical (unpaired) electrons. The molecule has 0 saturated carbocycles. The van der Waals surface area contributed by atoms with E-state index in [-0.39, 0.29) is 5.91 Å². The first-order chi connectivity index (χ1) is 15.6. The van der Waals surface area contributed by atoms with E-state index in [4.69, 9.17) is 15.5 Å². The van der Waals surface area contributed by atoms with E-state index in [1.54, 1.807) is 6.20 Å². The monoisotopic (exact) mass is 450 g/mol. The highest BCUT2D eigenvalue weighted by molar-refractivity contribution is 7.15. The van der Waals surface area contributed by atoms with Gasteiger partial charge in [0.05, 0.1) is 5.69 Å². The van der Waals surface area contributed by atoms with Crippen LogP contribution in [0.5, 0.6) is 0 Å². The van der Waals surface area contributed by atoms with Crippen molar-refractivity contribution in [3.8, 4) is 0 Å². The lowest BCUT2D eigenvalue weighted by molar-refractivity contribution is -0.113. The average molecular weight is 451 g/mol. The van der Waals surface area contributed by atoms with Crippen LogP contribution in [0.4, 0.5) is 10.9 Å². The number of rotatable bonds is 5. The highest BCUT2D eigenvalue weighted by Gasteiger charge is 2.26. The number of nitrogens with zero attached hydrogens (tertiary/aromatic N) is 4. The molecule has 0 unspecified atom stereocenters. The standard InChI is InChI=1S/C23H26N6O2S/c1-2-17-13-26-23(32-17)28-22(30)16-5-3-14(4-6-16)18-19-20(24)25-9-10-29(19)21(27-18)15-7-11-31-12-8-15/h3,5,9-10,13,15H,2,4,6-8,11-12H2,1H3,(H2,24,25)(H,26,28,30). The van der Waals surface area contributed by atoms with Crippen LogP contribution in [-0.2, 0) is 16.0 Å². The largest absolute Gasteiger partial charge is 0.382 e.